The smallest absolute Gasteiger partial charge is 0.453 e. The second-order valence-electron chi connectivity index (χ2n) is 13.8. The zero-order chi connectivity index (χ0) is 33.5. The van der Waals surface area contributed by atoms with Crippen molar-refractivity contribution in [2.75, 3.05) is 24.7 Å². The minimum atomic E-state index is -5.47. The van der Waals surface area contributed by atoms with Crippen LogP contribution in [0.5, 0.6) is 11.5 Å². The lowest BCUT2D eigenvalue weighted by atomic mass is 9.58. The SMILES string of the molecule is C[C@]12C[C@H](c3ccc(OCCCCCSCCCC(F)(F)C(F)(F)F)cc3)[C@H](c3ccc(OC4CCCCO4)cc3)C[C@@H]1CC[C@@H]2O. The van der Waals surface area contributed by atoms with Crippen molar-refractivity contribution in [1.29, 1.82) is 0 Å². The first-order chi connectivity index (χ1) is 22.5. The highest BCUT2D eigenvalue weighted by molar-refractivity contribution is 7.99. The monoisotopic (exact) mass is 684 g/mol. The minimum absolute atomic E-state index is 0.0931. The highest BCUT2D eigenvalue weighted by Gasteiger charge is 2.56. The van der Waals surface area contributed by atoms with E-state index in [2.05, 4.69) is 43.3 Å². The number of unbranched alkanes of at least 4 members (excludes halogenated alkanes) is 2. The molecule has 1 heterocycles. The molecule has 10 heteroatoms. The van der Waals surface area contributed by atoms with Gasteiger partial charge in [-0.3, -0.25) is 0 Å². The highest BCUT2D eigenvalue weighted by Crippen LogP contribution is 2.60. The molecule has 0 bridgehead atoms. The fraction of sp³-hybridized carbons (Fsp3) is 0.676. The maximum Gasteiger partial charge on any atom is 0.453 e. The van der Waals surface area contributed by atoms with Gasteiger partial charge in [0.1, 0.15) is 11.5 Å². The zero-order valence-electron chi connectivity index (χ0n) is 27.3. The number of aliphatic hydroxyl groups excluding tert-OH is 1. The molecule has 1 unspecified atom stereocenters. The summed E-state index contributed by atoms with van der Waals surface area (Å²) in [4.78, 5) is 0. The number of aliphatic hydroxyl groups is 1. The zero-order valence-corrected chi connectivity index (χ0v) is 28.1. The molecule has 1 aliphatic heterocycles. The molecule has 2 aliphatic carbocycles. The Morgan fingerprint density at radius 2 is 1.51 bits per heavy atom. The molecule has 2 aromatic carbocycles. The van der Waals surface area contributed by atoms with Crippen LogP contribution in [0.2, 0.25) is 0 Å². The standard InChI is InChI=1S/C37H49F5O4S/c1-35-25-32(27-9-14-29(15-10-27)44-20-4-2-6-22-47-23-7-19-36(38,39)37(40,41)42)31(24-28(35)13-18-33(35)43)26-11-16-30(17-12-26)46-34-8-3-5-21-45-34/h9-12,14-17,28,31-34,43H,2-8,13,18-25H2,1H3/t28-,31-,32+,33-,34?,35-/m0/s1. The number of halogens is 5. The first-order valence-corrected chi connectivity index (χ1v) is 18.4. The Hall–Kier alpha value is -2.04. The quantitative estimate of drug-likeness (QED) is 0.150. The van der Waals surface area contributed by atoms with Gasteiger partial charge in [0, 0.05) is 12.8 Å². The predicted octanol–water partition coefficient (Wildman–Crippen LogP) is 10.3. The van der Waals surface area contributed by atoms with Gasteiger partial charge in [-0.15, -0.1) is 0 Å². The Morgan fingerprint density at radius 3 is 2.19 bits per heavy atom. The lowest BCUT2D eigenvalue weighted by Crippen LogP contribution is -2.40. The minimum Gasteiger partial charge on any atom is -0.494 e. The molecule has 262 valence electrons. The molecule has 3 aliphatic rings. The van der Waals surface area contributed by atoms with Crippen LogP contribution >= 0.6 is 11.8 Å². The van der Waals surface area contributed by atoms with Gasteiger partial charge in [0.25, 0.3) is 0 Å². The van der Waals surface area contributed by atoms with E-state index in [9.17, 15) is 27.1 Å². The van der Waals surface area contributed by atoms with Gasteiger partial charge in [-0.05, 0) is 134 Å². The summed E-state index contributed by atoms with van der Waals surface area (Å²) in [7, 11) is 0. The topological polar surface area (TPSA) is 47.9 Å². The third-order valence-electron chi connectivity index (χ3n) is 10.6. The molecule has 0 aromatic heterocycles. The van der Waals surface area contributed by atoms with Crippen molar-refractivity contribution in [2.24, 2.45) is 11.3 Å². The van der Waals surface area contributed by atoms with E-state index in [0.717, 1.165) is 88.1 Å². The summed E-state index contributed by atoms with van der Waals surface area (Å²) in [6.07, 6.45) is 2.39. The number of ether oxygens (including phenoxy) is 3. The molecule has 0 radical (unpaired) electrons. The van der Waals surface area contributed by atoms with E-state index in [4.69, 9.17) is 14.2 Å². The van der Waals surface area contributed by atoms with Crippen LogP contribution in [0.3, 0.4) is 0 Å². The van der Waals surface area contributed by atoms with E-state index in [1.165, 1.54) is 22.9 Å². The molecule has 1 N–H and O–H groups in total. The second kappa shape index (κ2) is 16.1. The number of fused-ring (bicyclic) bond motifs is 1. The van der Waals surface area contributed by atoms with Gasteiger partial charge in [0.05, 0.1) is 19.3 Å². The lowest BCUT2D eigenvalue weighted by molar-refractivity contribution is -0.284. The van der Waals surface area contributed by atoms with E-state index >= 15 is 0 Å². The van der Waals surface area contributed by atoms with Crippen molar-refractivity contribution in [3.8, 4) is 11.5 Å². The van der Waals surface area contributed by atoms with Crippen LogP contribution in [0.15, 0.2) is 48.5 Å². The van der Waals surface area contributed by atoms with Gasteiger partial charge in [0.15, 0.2) is 6.29 Å². The molecule has 0 amide bonds. The third-order valence-corrected chi connectivity index (χ3v) is 11.7. The summed E-state index contributed by atoms with van der Waals surface area (Å²) in [6.45, 7) is 3.57. The Balaban J connectivity index is 1.10. The van der Waals surface area contributed by atoms with Crippen LogP contribution in [-0.4, -0.2) is 54.3 Å². The first-order valence-electron chi connectivity index (χ1n) is 17.3. The van der Waals surface area contributed by atoms with Gasteiger partial charge in [0.2, 0.25) is 0 Å². The van der Waals surface area contributed by atoms with Gasteiger partial charge < -0.3 is 19.3 Å². The molecule has 5 rings (SSSR count). The molecule has 6 atom stereocenters. The molecule has 2 aromatic rings. The maximum absolute atomic E-state index is 13.0. The third kappa shape index (κ3) is 9.35. The molecule has 0 spiro atoms. The predicted molar refractivity (Wildman–Crippen MR) is 176 cm³/mol. The lowest BCUT2D eigenvalue weighted by Gasteiger charge is -2.47. The average molecular weight is 685 g/mol. The number of rotatable bonds is 15. The molecule has 1 saturated heterocycles. The normalized spacial score (nSPS) is 28.2. The number of thioether (sulfide) groups is 1. The number of hydrogen-bond donors (Lipinski definition) is 1. The van der Waals surface area contributed by atoms with Gasteiger partial charge in [-0.2, -0.15) is 33.7 Å². The first kappa shape index (κ1) is 36.2. The van der Waals surface area contributed by atoms with Crippen LogP contribution in [-0.2, 0) is 4.74 Å². The Morgan fingerprint density at radius 1 is 0.830 bits per heavy atom. The van der Waals surface area contributed by atoms with Crippen molar-refractivity contribution < 1.29 is 41.3 Å². The summed E-state index contributed by atoms with van der Waals surface area (Å²) >= 11 is 1.42. The summed E-state index contributed by atoms with van der Waals surface area (Å²) in [5.74, 6) is -0.844. The summed E-state index contributed by atoms with van der Waals surface area (Å²) in [6, 6.07) is 16.9. The molecule has 4 nitrogen and oxygen atoms in total. The fourth-order valence-corrected chi connectivity index (χ4v) is 8.62. The Bertz CT molecular complexity index is 1230. The highest BCUT2D eigenvalue weighted by atomic mass is 32.2. The summed E-state index contributed by atoms with van der Waals surface area (Å²) < 4.78 is 80.5. The van der Waals surface area contributed by atoms with E-state index in [-0.39, 0.29) is 30.1 Å². The van der Waals surface area contributed by atoms with Crippen molar-refractivity contribution in [3.63, 3.8) is 0 Å². The van der Waals surface area contributed by atoms with Crippen LogP contribution in [0.4, 0.5) is 22.0 Å². The van der Waals surface area contributed by atoms with Gasteiger partial charge >= 0.3 is 12.1 Å². The molecular formula is C37H49F5O4S. The van der Waals surface area contributed by atoms with Crippen LogP contribution in [0, 0.1) is 11.3 Å². The van der Waals surface area contributed by atoms with E-state index < -0.39 is 18.5 Å². The maximum atomic E-state index is 13.0. The van der Waals surface area contributed by atoms with Crippen molar-refractivity contribution in [2.45, 2.75) is 120 Å². The summed E-state index contributed by atoms with van der Waals surface area (Å²) in [5.41, 5.74) is 2.46. The fourth-order valence-electron chi connectivity index (χ4n) is 7.66. The van der Waals surface area contributed by atoms with Crippen molar-refractivity contribution in [3.05, 3.63) is 59.7 Å². The number of hydrogen-bond acceptors (Lipinski definition) is 5. The average Bonchev–Trinajstić information content (AvgIpc) is 3.34. The van der Waals surface area contributed by atoms with E-state index in [1.54, 1.807) is 0 Å². The van der Waals surface area contributed by atoms with Gasteiger partial charge in [-0.25, -0.2) is 0 Å². The van der Waals surface area contributed by atoms with Gasteiger partial charge in [-0.1, -0.05) is 31.2 Å². The molecular weight excluding hydrogens is 635 g/mol. The van der Waals surface area contributed by atoms with Crippen molar-refractivity contribution >= 4 is 11.8 Å². The van der Waals surface area contributed by atoms with E-state index in [1.807, 2.05) is 12.1 Å². The number of benzene rings is 2. The largest absolute Gasteiger partial charge is 0.494 e. The second-order valence-corrected chi connectivity index (χ2v) is 15.1. The number of alkyl halides is 5. The van der Waals surface area contributed by atoms with Crippen LogP contribution in [0.1, 0.15) is 107 Å². The van der Waals surface area contributed by atoms with Crippen LogP contribution in [0.25, 0.3) is 0 Å². The molecule has 2 saturated carbocycles. The molecule has 3 fully saturated rings. The Labute approximate surface area is 280 Å². The Kier molecular flexibility index (Phi) is 12.4. The van der Waals surface area contributed by atoms with E-state index in [0.29, 0.717) is 24.2 Å². The van der Waals surface area contributed by atoms with Crippen molar-refractivity contribution in [1.82, 2.24) is 0 Å². The summed E-state index contributed by atoms with van der Waals surface area (Å²) in [5, 5.41) is 11.0. The van der Waals surface area contributed by atoms with Crippen LogP contribution < -0.4 is 9.47 Å². The molecule has 47 heavy (non-hydrogen) atoms.